The van der Waals surface area contributed by atoms with E-state index in [9.17, 15) is 4.79 Å². The van der Waals surface area contributed by atoms with E-state index < -0.39 is 5.97 Å². The molecule has 0 radical (unpaired) electrons. The predicted octanol–water partition coefficient (Wildman–Crippen LogP) is 3.54. The second kappa shape index (κ2) is 5.82. The standard InChI is InChI=1S/C12H15BrN2O2/c1-3-4-5-15-11-7(2)8(13)6-9(14)10(11)12(16)17/h5-6H,3-4,14H2,1-2H3,(H,16,17). The number of hydrogen-bond donors (Lipinski definition) is 2. The van der Waals surface area contributed by atoms with Gasteiger partial charge in [0.05, 0.1) is 5.69 Å². The first-order valence-corrected chi connectivity index (χ1v) is 6.12. The van der Waals surface area contributed by atoms with Crippen LogP contribution in [0.4, 0.5) is 11.4 Å². The molecule has 0 saturated carbocycles. The van der Waals surface area contributed by atoms with Crippen LogP contribution in [0.3, 0.4) is 0 Å². The third-order valence-electron chi connectivity index (χ3n) is 2.37. The van der Waals surface area contributed by atoms with Crippen LogP contribution in [-0.4, -0.2) is 17.3 Å². The summed E-state index contributed by atoms with van der Waals surface area (Å²) in [6.07, 6.45) is 3.50. The van der Waals surface area contributed by atoms with Crippen LogP contribution in [0.15, 0.2) is 15.5 Å². The fraction of sp³-hybridized carbons (Fsp3) is 0.333. The summed E-state index contributed by atoms with van der Waals surface area (Å²) in [5.74, 6) is -1.05. The lowest BCUT2D eigenvalue weighted by atomic mass is 10.1. The molecule has 0 aromatic heterocycles. The Balaban J connectivity index is 3.37. The maximum Gasteiger partial charge on any atom is 0.340 e. The molecular formula is C12H15BrN2O2. The van der Waals surface area contributed by atoms with E-state index in [2.05, 4.69) is 20.9 Å². The first kappa shape index (κ1) is 13.7. The molecule has 17 heavy (non-hydrogen) atoms. The van der Waals surface area contributed by atoms with Gasteiger partial charge in [0, 0.05) is 16.4 Å². The molecule has 0 amide bonds. The first-order chi connectivity index (χ1) is 7.99. The summed E-state index contributed by atoms with van der Waals surface area (Å²) in [4.78, 5) is 15.4. The summed E-state index contributed by atoms with van der Waals surface area (Å²) in [7, 11) is 0. The molecule has 1 rings (SSSR count). The summed E-state index contributed by atoms with van der Waals surface area (Å²) in [5.41, 5.74) is 7.21. The van der Waals surface area contributed by atoms with Crippen molar-refractivity contribution in [2.75, 3.05) is 5.73 Å². The molecule has 5 heteroatoms. The highest BCUT2D eigenvalue weighted by Crippen LogP contribution is 2.34. The number of rotatable bonds is 4. The van der Waals surface area contributed by atoms with Gasteiger partial charge < -0.3 is 10.8 Å². The minimum atomic E-state index is -1.05. The molecule has 0 spiro atoms. The number of aliphatic imine (C=N–C) groups is 1. The maximum absolute atomic E-state index is 11.2. The van der Waals surface area contributed by atoms with E-state index in [-0.39, 0.29) is 11.3 Å². The second-order valence-corrected chi connectivity index (χ2v) is 4.56. The van der Waals surface area contributed by atoms with Gasteiger partial charge in [0.1, 0.15) is 5.56 Å². The van der Waals surface area contributed by atoms with Crippen molar-refractivity contribution in [1.29, 1.82) is 0 Å². The van der Waals surface area contributed by atoms with Crippen LogP contribution in [-0.2, 0) is 0 Å². The summed E-state index contributed by atoms with van der Waals surface area (Å²) < 4.78 is 0.767. The Labute approximate surface area is 109 Å². The molecule has 0 aliphatic rings. The van der Waals surface area contributed by atoms with Gasteiger partial charge in [0.15, 0.2) is 0 Å². The lowest BCUT2D eigenvalue weighted by Crippen LogP contribution is -2.04. The van der Waals surface area contributed by atoms with Gasteiger partial charge >= 0.3 is 5.97 Å². The Kier molecular flexibility index (Phi) is 4.69. The van der Waals surface area contributed by atoms with Gasteiger partial charge in [-0.05, 0) is 25.0 Å². The molecule has 0 heterocycles. The number of unbranched alkanes of at least 4 members (excludes halogenated alkanes) is 1. The number of nitrogens with zero attached hydrogens (tertiary/aromatic N) is 1. The Morgan fingerprint density at radius 3 is 2.82 bits per heavy atom. The number of nitrogens with two attached hydrogens (primary N) is 1. The number of carboxylic acids is 1. The van der Waals surface area contributed by atoms with Crippen molar-refractivity contribution < 1.29 is 9.90 Å². The van der Waals surface area contributed by atoms with Crippen molar-refractivity contribution in [2.24, 2.45) is 4.99 Å². The van der Waals surface area contributed by atoms with Crippen molar-refractivity contribution >= 4 is 39.5 Å². The van der Waals surface area contributed by atoms with Gasteiger partial charge in [-0.3, -0.25) is 4.99 Å². The number of hydrogen-bond acceptors (Lipinski definition) is 3. The summed E-state index contributed by atoms with van der Waals surface area (Å²) in [6, 6.07) is 1.59. The molecule has 0 bridgehead atoms. The number of carbonyl (C=O) groups is 1. The minimum absolute atomic E-state index is 0.0676. The average molecular weight is 299 g/mol. The molecule has 0 unspecified atom stereocenters. The minimum Gasteiger partial charge on any atom is -0.478 e. The summed E-state index contributed by atoms with van der Waals surface area (Å²) in [6.45, 7) is 3.85. The zero-order chi connectivity index (χ0) is 13.0. The number of carboxylic acid groups (broad SMARTS) is 1. The molecule has 92 valence electrons. The van der Waals surface area contributed by atoms with E-state index in [4.69, 9.17) is 10.8 Å². The topological polar surface area (TPSA) is 75.7 Å². The first-order valence-electron chi connectivity index (χ1n) is 5.33. The van der Waals surface area contributed by atoms with Crippen LogP contribution in [0.1, 0.15) is 35.7 Å². The van der Waals surface area contributed by atoms with Crippen molar-refractivity contribution in [3.63, 3.8) is 0 Å². The molecule has 0 atom stereocenters. The molecule has 0 fully saturated rings. The molecule has 1 aromatic carbocycles. The van der Waals surface area contributed by atoms with Crippen molar-refractivity contribution in [3.05, 3.63) is 21.7 Å². The van der Waals surface area contributed by atoms with Crippen molar-refractivity contribution in [2.45, 2.75) is 26.7 Å². The highest BCUT2D eigenvalue weighted by atomic mass is 79.9. The van der Waals surface area contributed by atoms with Crippen molar-refractivity contribution in [3.8, 4) is 0 Å². The fourth-order valence-corrected chi connectivity index (χ4v) is 1.86. The van der Waals surface area contributed by atoms with Crippen LogP contribution in [0.2, 0.25) is 0 Å². The number of halogens is 1. The number of benzene rings is 1. The van der Waals surface area contributed by atoms with Crippen LogP contribution >= 0.6 is 15.9 Å². The van der Waals surface area contributed by atoms with Gasteiger partial charge in [-0.2, -0.15) is 0 Å². The van der Waals surface area contributed by atoms with Gasteiger partial charge in [-0.25, -0.2) is 4.79 Å². The van der Waals surface area contributed by atoms with E-state index in [0.717, 1.165) is 22.9 Å². The molecule has 1 aromatic rings. The normalized spacial score (nSPS) is 11.0. The van der Waals surface area contributed by atoms with E-state index in [1.165, 1.54) is 0 Å². The lowest BCUT2D eigenvalue weighted by molar-refractivity contribution is 0.0699. The van der Waals surface area contributed by atoms with Crippen LogP contribution < -0.4 is 5.73 Å². The van der Waals surface area contributed by atoms with Crippen LogP contribution in [0, 0.1) is 6.92 Å². The lowest BCUT2D eigenvalue weighted by Gasteiger charge is -2.10. The third-order valence-corrected chi connectivity index (χ3v) is 3.20. The largest absolute Gasteiger partial charge is 0.478 e. The average Bonchev–Trinajstić information content (AvgIpc) is 2.24. The van der Waals surface area contributed by atoms with Gasteiger partial charge in [0.25, 0.3) is 0 Å². The highest BCUT2D eigenvalue weighted by Gasteiger charge is 2.17. The number of anilines is 1. The zero-order valence-corrected chi connectivity index (χ0v) is 11.4. The SMILES string of the molecule is CCCC=Nc1c(C)c(Br)cc(N)c1C(=O)O. The van der Waals surface area contributed by atoms with E-state index in [1.807, 2.05) is 13.8 Å². The molecular weight excluding hydrogens is 284 g/mol. The summed E-state index contributed by atoms with van der Waals surface area (Å²) in [5, 5.41) is 9.15. The fourth-order valence-electron chi connectivity index (χ4n) is 1.43. The zero-order valence-electron chi connectivity index (χ0n) is 9.83. The predicted molar refractivity (Wildman–Crippen MR) is 73.3 cm³/mol. The Morgan fingerprint density at radius 2 is 2.29 bits per heavy atom. The smallest absolute Gasteiger partial charge is 0.340 e. The quantitative estimate of drug-likeness (QED) is 0.659. The van der Waals surface area contributed by atoms with Crippen LogP contribution in [0.5, 0.6) is 0 Å². The number of aromatic carboxylic acids is 1. The van der Waals surface area contributed by atoms with Crippen LogP contribution in [0.25, 0.3) is 0 Å². The van der Waals surface area contributed by atoms with E-state index in [1.54, 1.807) is 12.3 Å². The number of nitrogen functional groups attached to an aromatic ring is 1. The van der Waals surface area contributed by atoms with Gasteiger partial charge in [0.2, 0.25) is 0 Å². The molecule has 0 aliphatic carbocycles. The van der Waals surface area contributed by atoms with Gasteiger partial charge in [-0.15, -0.1) is 0 Å². The molecule has 0 aliphatic heterocycles. The Bertz CT molecular complexity index is 470. The van der Waals surface area contributed by atoms with E-state index in [0.29, 0.717) is 5.69 Å². The van der Waals surface area contributed by atoms with Gasteiger partial charge in [-0.1, -0.05) is 29.3 Å². The third kappa shape index (κ3) is 3.06. The Morgan fingerprint density at radius 1 is 1.65 bits per heavy atom. The highest BCUT2D eigenvalue weighted by molar-refractivity contribution is 9.10. The second-order valence-electron chi connectivity index (χ2n) is 3.70. The maximum atomic E-state index is 11.2. The Hall–Kier alpha value is -1.36. The summed E-state index contributed by atoms with van der Waals surface area (Å²) >= 11 is 3.34. The molecule has 3 N–H and O–H groups in total. The van der Waals surface area contributed by atoms with Crippen molar-refractivity contribution in [1.82, 2.24) is 0 Å². The molecule has 0 saturated heterocycles. The monoisotopic (exact) mass is 298 g/mol. The van der Waals surface area contributed by atoms with E-state index >= 15 is 0 Å². The molecule has 4 nitrogen and oxygen atoms in total.